The fourth-order valence-electron chi connectivity index (χ4n) is 3.41. The molecule has 0 atom stereocenters. The summed E-state index contributed by atoms with van der Waals surface area (Å²) in [5.41, 5.74) is 2.20. The molecule has 0 saturated heterocycles. The molecule has 0 unspecified atom stereocenters. The number of carbonyl (C=O) groups excluding carboxylic acids is 2. The molecule has 156 valence electrons. The van der Waals surface area contributed by atoms with Crippen LogP contribution in [-0.2, 0) is 38.6 Å². The second-order valence-electron chi connectivity index (χ2n) is 6.91. The van der Waals surface area contributed by atoms with Gasteiger partial charge in [-0.15, -0.1) is 11.3 Å². The van der Waals surface area contributed by atoms with Crippen LogP contribution in [0.1, 0.15) is 53.1 Å². The van der Waals surface area contributed by atoms with Crippen LogP contribution in [0.4, 0.5) is 5.00 Å². The highest BCUT2D eigenvalue weighted by Gasteiger charge is 2.27. The molecular weight excluding hydrogens is 410 g/mol. The van der Waals surface area contributed by atoms with Gasteiger partial charge in [0.15, 0.2) is 9.84 Å². The van der Waals surface area contributed by atoms with Gasteiger partial charge >= 0.3 is 5.97 Å². The van der Waals surface area contributed by atoms with Crippen LogP contribution in [0, 0.1) is 0 Å². The van der Waals surface area contributed by atoms with Crippen molar-refractivity contribution < 1.29 is 22.7 Å². The Kier molecular flexibility index (Phi) is 6.74. The van der Waals surface area contributed by atoms with Gasteiger partial charge < -0.3 is 10.1 Å². The first-order valence-corrected chi connectivity index (χ1v) is 12.3. The number of thiophene rings is 1. The largest absolute Gasteiger partial charge is 0.462 e. The summed E-state index contributed by atoms with van der Waals surface area (Å²) < 4.78 is 29.0. The van der Waals surface area contributed by atoms with Gasteiger partial charge in [0.2, 0.25) is 5.91 Å². The fourth-order valence-corrected chi connectivity index (χ4v) is 5.59. The van der Waals surface area contributed by atoms with Gasteiger partial charge in [-0.25, -0.2) is 13.2 Å². The summed E-state index contributed by atoms with van der Waals surface area (Å²) >= 11 is 1.45. The van der Waals surface area contributed by atoms with Gasteiger partial charge in [0, 0.05) is 4.88 Å². The second-order valence-corrected chi connectivity index (χ2v) is 10.3. The van der Waals surface area contributed by atoms with Crippen molar-refractivity contribution in [1.29, 1.82) is 0 Å². The quantitative estimate of drug-likeness (QED) is 0.669. The van der Waals surface area contributed by atoms with Gasteiger partial charge in [0.1, 0.15) is 5.00 Å². The number of anilines is 1. The molecule has 0 fully saturated rings. The maximum atomic E-state index is 12.6. The summed E-state index contributed by atoms with van der Waals surface area (Å²) in [6, 6.07) is 6.34. The Morgan fingerprint density at radius 2 is 1.79 bits per heavy atom. The molecule has 1 heterocycles. The lowest BCUT2D eigenvalue weighted by molar-refractivity contribution is -0.115. The molecule has 0 bridgehead atoms. The first-order valence-electron chi connectivity index (χ1n) is 9.79. The number of benzene rings is 1. The van der Waals surface area contributed by atoms with Crippen molar-refractivity contribution >= 4 is 38.1 Å². The minimum atomic E-state index is -3.26. The Morgan fingerprint density at radius 1 is 1.10 bits per heavy atom. The molecule has 0 saturated carbocycles. The molecule has 1 aliphatic carbocycles. The van der Waals surface area contributed by atoms with E-state index in [9.17, 15) is 18.0 Å². The molecule has 0 spiro atoms. The molecule has 1 aromatic carbocycles. The normalized spacial score (nSPS) is 13.6. The molecule has 1 amide bonds. The van der Waals surface area contributed by atoms with Crippen molar-refractivity contribution in [2.24, 2.45) is 0 Å². The zero-order valence-electron chi connectivity index (χ0n) is 16.6. The predicted molar refractivity (Wildman–Crippen MR) is 113 cm³/mol. The third-order valence-electron chi connectivity index (χ3n) is 4.93. The maximum absolute atomic E-state index is 12.6. The fraction of sp³-hybridized carbons (Fsp3) is 0.429. The molecule has 1 N–H and O–H groups in total. The monoisotopic (exact) mass is 435 g/mol. The number of carbonyl (C=O) groups is 2. The molecule has 2 aromatic rings. The van der Waals surface area contributed by atoms with Crippen LogP contribution < -0.4 is 5.32 Å². The van der Waals surface area contributed by atoms with Crippen LogP contribution in [0.15, 0.2) is 29.2 Å². The minimum absolute atomic E-state index is 0.0342. The van der Waals surface area contributed by atoms with Gasteiger partial charge in [-0.1, -0.05) is 19.1 Å². The zero-order chi connectivity index (χ0) is 21.0. The smallest absolute Gasteiger partial charge is 0.341 e. The Labute approximate surface area is 175 Å². The van der Waals surface area contributed by atoms with Crippen molar-refractivity contribution in [3.05, 3.63) is 45.8 Å². The van der Waals surface area contributed by atoms with Crippen LogP contribution in [0.3, 0.4) is 0 Å². The number of fused-ring (bicyclic) bond motifs is 1. The Morgan fingerprint density at radius 3 is 2.45 bits per heavy atom. The van der Waals surface area contributed by atoms with E-state index in [1.165, 1.54) is 23.5 Å². The Bertz CT molecular complexity index is 1010. The topological polar surface area (TPSA) is 89.5 Å². The summed E-state index contributed by atoms with van der Waals surface area (Å²) in [6.45, 7) is 3.64. The summed E-state index contributed by atoms with van der Waals surface area (Å²) in [7, 11) is -3.26. The van der Waals surface area contributed by atoms with Crippen LogP contribution >= 0.6 is 11.3 Å². The molecule has 1 aromatic heterocycles. The molecule has 8 heteroatoms. The highest BCUT2D eigenvalue weighted by molar-refractivity contribution is 7.91. The maximum Gasteiger partial charge on any atom is 0.341 e. The van der Waals surface area contributed by atoms with Crippen molar-refractivity contribution in [2.75, 3.05) is 17.7 Å². The van der Waals surface area contributed by atoms with Gasteiger partial charge in [0.05, 0.1) is 29.2 Å². The number of sulfone groups is 1. The SMILES string of the molecule is CCOC(=O)c1c(NC(=O)Cc2ccc(S(=O)(=O)CC)cc2)sc2c1CCCC2. The van der Waals surface area contributed by atoms with Crippen molar-refractivity contribution in [3.63, 3.8) is 0 Å². The first-order chi connectivity index (χ1) is 13.9. The summed E-state index contributed by atoms with van der Waals surface area (Å²) in [5, 5.41) is 3.42. The van der Waals surface area contributed by atoms with Gasteiger partial charge in [-0.2, -0.15) is 0 Å². The average Bonchev–Trinajstić information content (AvgIpc) is 3.06. The number of rotatable bonds is 7. The third kappa shape index (κ3) is 4.87. The number of hydrogen-bond donors (Lipinski definition) is 1. The zero-order valence-corrected chi connectivity index (χ0v) is 18.2. The van der Waals surface area contributed by atoms with E-state index in [4.69, 9.17) is 4.74 Å². The van der Waals surface area contributed by atoms with Crippen LogP contribution in [0.2, 0.25) is 0 Å². The highest BCUT2D eigenvalue weighted by atomic mass is 32.2. The first kappa shape index (κ1) is 21.5. The van der Waals surface area contributed by atoms with E-state index in [0.717, 1.165) is 36.1 Å². The van der Waals surface area contributed by atoms with E-state index in [0.29, 0.717) is 16.1 Å². The molecule has 0 aliphatic heterocycles. The highest BCUT2D eigenvalue weighted by Crippen LogP contribution is 2.38. The van der Waals surface area contributed by atoms with E-state index in [1.807, 2.05) is 0 Å². The number of aryl methyl sites for hydroxylation is 1. The lowest BCUT2D eigenvalue weighted by Gasteiger charge is -2.12. The molecule has 3 rings (SSSR count). The van der Waals surface area contributed by atoms with E-state index in [2.05, 4.69) is 5.32 Å². The van der Waals surface area contributed by atoms with E-state index < -0.39 is 15.8 Å². The van der Waals surface area contributed by atoms with E-state index >= 15 is 0 Å². The third-order valence-corrected chi connectivity index (χ3v) is 7.89. The second kappa shape index (κ2) is 9.09. The molecule has 1 aliphatic rings. The van der Waals surface area contributed by atoms with E-state index in [1.54, 1.807) is 26.0 Å². The number of esters is 1. The van der Waals surface area contributed by atoms with E-state index in [-0.39, 0.29) is 29.6 Å². The minimum Gasteiger partial charge on any atom is -0.462 e. The molecule has 29 heavy (non-hydrogen) atoms. The van der Waals surface area contributed by atoms with Crippen molar-refractivity contribution in [2.45, 2.75) is 50.8 Å². The number of nitrogens with one attached hydrogen (secondary N) is 1. The Balaban J connectivity index is 1.77. The summed E-state index contributed by atoms with van der Waals surface area (Å²) in [4.78, 5) is 26.5. The lowest BCUT2D eigenvalue weighted by atomic mass is 9.95. The van der Waals surface area contributed by atoms with Crippen LogP contribution in [-0.4, -0.2) is 32.7 Å². The summed E-state index contributed by atoms with van der Waals surface area (Å²) in [6.07, 6.45) is 3.93. The summed E-state index contributed by atoms with van der Waals surface area (Å²) in [5.74, 6) is -0.608. The number of amides is 1. The molecule has 6 nitrogen and oxygen atoms in total. The van der Waals surface area contributed by atoms with Crippen LogP contribution in [0.5, 0.6) is 0 Å². The average molecular weight is 436 g/mol. The van der Waals surface area contributed by atoms with Gasteiger partial charge in [0.25, 0.3) is 0 Å². The molecular formula is C21H25NO5S2. The Hall–Kier alpha value is -2.19. The lowest BCUT2D eigenvalue weighted by Crippen LogP contribution is -2.17. The number of hydrogen-bond acceptors (Lipinski definition) is 6. The van der Waals surface area contributed by atoms with Crippen molar-refractivity contribution in [3.8, 4) is 0 Å². The molecule has 0 radical (unpaired) electrons. The predicted octanol–water partition coefficient (Wildman–Crippen LogP) is 3.78. The number of ether oxygens (including phenoxy) is 1. The van der Waals surface area contributed by atoms with Gasteiger partial charge in [-0.3, -0.25) is 4.79 Å². The standard InChI is InChI=1S/C21H25NO5S2/c1-3-27-21(24)19-16-7-5-6-8-17(16)28-20(19)22-18(23)13-14-9-11-15(12-10-14)29(25,26)4-2/h9-12H,3-8,13H2,1-2H3,(H,22,23). The van der Waals surface area contributed by atoms with Gasteiger partial charge in [-0.05, 0) is 55.9 Å². The van der Waals surface area contributed by atoms with Crippen LogP contribution in [0.25, 0.3) is 0 Å². The van der Waals surface area contributed by atoms with Crippen molar-refractivity contribution in [1.82, 2.24) is 0 Å².